The quantitative estimate of drug-likeness (QED) is 0.837. The lowest BCUT2D eigenvalue weighted by atomic mass is 9.99. The molecule has 1 aliphatic rings. The highest BCUT2D eigenvalue weighted by Gasteiger charge is 2.21. The van der Waals surface area contributed by atoms with Crippen LogP contribution in [0.2, 0.25) is 0 Å². The van der Waals surface area contributed by atoms with Crippen LogP contribution in [0.4, 0.5) is 5.69 Å². The van der Waals surface area contributed by atoms with Gasteiger partial charge in [-0.2, -0.15) is 0 Å². The van der Waals surface area contributed by atoms with E-state index in [4.69, 9.17) is 5.73 Å². The van der Waals surface area contributed by atoms with Crippen LogP contribution in [0.15, 0.2) is 18.3 Å². The lowest BCUT2D eigenvalue weighted by molar-refractivity contribution is 0.0995. The van der Waals surface area contributed by atoms with Gasteiger partial charge in [0.2, 0.25) is 0 Å². The van der Waals surface area contributed by atoms with Gasteiger partial charge in [0.05, 0.1) is 0 Å². The zero-order valence-electron chi connectivity index (χ0n) is 10.1. The molecule has 0 aromatic carbocycles. The van der Waals surface area contributed by atoms with Gasteiger partial charge in [0.1, 0.15) is 5.69 Å². The number of amides is 1. The molecule has 1 aromatic rings. The minimum Gasteiger partial charge on any atom is -0.382 e. The number of carbonyl (C=O) groups excluding carboxylic acids is 1. The zero-order chi connectivity index (χ0) is 12.3. The second-order valence-electron chi connectivity index (χ2n) is 4.77. The predicted octanol–water partition coefficient (Wildman–Crippen LogP) is 2.17. The molecule has 4 nitrogen and oxygen atoms in total. The number of aromatic nitrogens is 1. The molecule has 0 bridgehead atoms. The number of anilines is 1. The van der Waals surface area contributed by atoms with Gasteiger partial charge in [-0.1, -0.05) is 12.8 Å². The van der Waals surface area contributed by atoms with Gasteiger partial charge < -0.3 is 11.1 Å². The van der Waals surface area contributed by atoms with Crippen molar-refractivity contribution in [1.29, 1.82) is 0 Å². The molecule has 0 aliphatic heterocycles. The third-order valence-corrected chi connectivity index (χ3v) is 3.51. The van der Waals surface area contributed by atoms with E-state index in [-0.39, 0.29) is 0 Å². The third-order valence-electron chi connectivity index (χ3n) is 3.51. The summed E-state index contributed by atoms with van der Waals surface area (Å²) in [5, 5.41) is 3.43. The third kappa shape index (κ3) is 2.96. The fourth-order valence-electron chi connectivity index (χ4n) is 2.49. The van der Waals surface area contributed by atoms with Crippen LogP contribution in [0.3, 0.4) is 0 Å². The Bertz CT molecular complexity index is 399. The van der Waals surface area contributed by atoms with E-state index in [0.717, 1.165) is 11.6 Å². The van der Waals surface area contributed by atoms with Gasteiger partial charge in [0.25, 0.3) is 5.91 Å². The first kappa shape index (κ1) is 11.9. The lowest BCUT2D eigenvalue weighted by Gasteiger charge is -2.21. The maximum atomic E-state index is 11.0. The largest absolute Gasteiger partial charge is 0.382 e. The van der Waals surface area contributed by atoms with Crippen LogP contribution < -0.4 is 11.1 Å². The molecule has 1 amide bonds. The van der Waals surface area contributed by atoms with Gasteiger partial charge >= 0.3 is 0 Å². The second kappa shape index (κ2) is 5.17. The number of nitrogens with zero attached hydrogens (tertiary/aromatic N) is 1. The van der Waals surface area contributed by atoms with E-state index in [1.807, 2.05) is 6.07 Å². The highest BCUT2D eigenvalue weighted by atomic mass is 16.1. The standard InChI is InChI=1S/C13H19N3O/c1-9(10-4-2-3-5-10)16-11-6-7-15-12(8-11)13(14)17/h6-10H,2-5H2,1H3,(H2,14,17)(H,15,16). The zero-order valence-corrected chi connectivity index (χ0v) is 10.1. The summed E-state index contributed by atoms with van der Waals surface area (Å²) >= 11 is 0. The smallest absolute Gasteiger partial charge is 0.267 e. The van der Waals surface area contributed by atoms with E-state index in [1.54, 1.807) is 12.3 Å². The Labute approximate surface area is 102 Å². The predicted molar refractivity (Wildman–Crippen MR) is 67.8 cm³/mol. The minimum atomic E-state index is -0.484. The topological polar surface area (TPSA) is 68.0 Å². The number of rotatable bonds is 4. The van der Waals surface area contributed by atoms with Gasteiger partial charge in [-0.3, -0.25) is 9.78 Å². The van der Waals surface area contributed by atoms with Crippen molar-refractivity contribution in [2.45, 2.75) is 38.6 Å². The van der Waals surface area contributed by atoms with Crippen molar-refractivity contribution in [2.24, 2.45) is 11.7 Å². The van der Waals surface area contributed by atoms with Crippen molar-refractivity contribution >= 4 is 11.6 Å². The number of pyridine rings is 1. The molecule has 1 saturated carbocycles. The Morgan fingerprint density at radius 3 is 2.88 bits per heavy atom. The first-order valence-electron chi connectivity index (χ1n) is 6.19. The lowest BCUT2D eigenvalue weighted by Crippen LogP contribution is -2.24. The maximum Gasteiger partial charge on any atom is 0.267 e. The summed E-state index contributed by atoms with van der Waals surface area (Å²) in [6, 6.07) is 4.02. The molecule has 0 spiro atoms. The number of nitrogens with one attached hydrogen (secondary N) is 1. The summed E-state index contributed by atoms with van der Waals surface area (Å²) in [6.07, 6.45) is 6.87. The van der Waals surface area contributed by atoms with Gasteiger partial charge in [0, 0.05) is 17.9 Å². The molecule has 2 rings (SSSR count). The summed E-state index contributed by atoms with van der Waals surface area (Å²) in [7, 11) is 0. The molecule has 17 heavy (non-hydrogen) atoms. The van der Waals surface area contributed by atoms with Crippen molar-refractivity contribution < 1.29 is 4.79 Å². The molecule has 4 heteroatoms. The Hall–Kier alpha value is -1.58. The molecule has 1 heterocycles. The number of carbonyl (C=O) groups is 1. The highest BCUT2D eigenvalue weighted by Crippen LogP contribution is 2.29. The first-order chi connectivity index (χ1) is 8.16. The van der Waals surface area contributed by atoms with Crippen LogP contribution in [0, 0.1) is 5.92 Å². The molecule has 1 atom stereocenters. The van der Waals surface area contributed by atoms with Gasteiger partial charge in [-0.05, 0) is 37.8 Å². The van der Waals surface area contributed by atoms with E-state index >= 15 is 0 Å². The molecule has 0 radical (unpaired) electrons. The van der Waals surface area contributed by atoms with Crippen molar-refractivity contribution in [3.05, 3.63) is 24.0 Å². The van der Waals surface area contributed by atoms with Gasteiger partial charge in [-0.25, -0.2) is 0 Å². The molecule has 92 valence electrons. The maximum absolute atomic E-state index is 11.0. The molecular formula is C13H19N3O. The van der Waals surface area contributed by atoms with Gasteiger partial charge in [0.15, 0.2) is 0 Å². The van der Waals surface area contributed by atoms with E-state index < -0.39 is 5.91 Å². The molecule has 1 fully saturated rings. The molecule has 1 unspecified atom stereocenters. The monoisotopic (exact) mass is 233 g/mol. The summed E-state index contributed by atoms with van der Waals surface area (Å²) in [6.45, 7) is 2.19. The van der Waals surface area contributed by atoms with E-state index in [9.17, 15) is 4.79 Å². The summed E-state index contributed by atoms with van der Waals surface area (Å²) < 4.78 is 0. The van der Waals surface area contributed by atoms with Crippen molar-refractivity contribution in [3.63, 3.8) is 0 Å². The van der Waals surface area contributed by atoms with Crippen LogP contribution in [0.5, 0.6) is 0 Å². The van der Waals surface area contributed by atoms with Crippen LogP contribution in [-0.4, -0.2) is 16.9 Å². The molecule has 1 aromatic heterocycles. The van der Waals surface area contributed by atoms with Crippen molar-refractivity contribution in [1.82, 2.24) is 4.98 Å². The fraction of sp³-hybridized carbons (Fsp3) is 0.538. The van der Waals surface area contributed by atoms with Gasteiger partial charge in [-0.15, -0.1) is 0 Å². The normalized spacial score (nSPS) is 17.9. The molecular weight excluding hydrogens is 214 g/mol. The SMILES string of the molecule is CC(Nc1ccnc(C(N)=O)c1)C1CCCC1. The molecule has 0 saturated heterocycles. The van der Waals surface area contributed by atoms with E-state index in [0.29, 0.717) is 11.7 Å². The Morgan fingerprint density at radius 2 is 2.24 bits per heavy atom. The highest BCUT2D eigenvalue weighted by molar-refractivity contribution is 5.91. The number of primary amides is 1. The number of hydrogen-bond donors (Lipinski definition) is 2. The second-order valence-corrected chi connectivity index (χ2v) is 4.77. The van der Waals surface area contributed by atoms with Crippen LogP contribution >= 0.6 is 0 Å². The van der Waals surface area contributed by atoms with Crippen LogP contribution in [-0.2, 0) is 0 Å². The van der Waals surface area contributed by atoms with E-state index in [1.165, 1.54) is 25.7 Å². The average molecular weight is 233 g/mol. The van der Waals surface area contributed by atoms with Crippen molar-refractivity contribution in [2.75, 3.05) is 5.32 Å². The average Bonchev–Trinajstić information content (AvgIpc) is 2.82. The summed E-state index contributed by atoms with van der Waals surface area (Å²) in [4.78, 5) is 15.0. The number of nitrogens with two attached hydrogens (primary N) is 1. The molecule has 1 aliphatic carbocycles. The van der Waals surface area contributed by atoms with E-state index in [2.05, 4.69) is 17.2 Å². The summed E-state index contributed by atoms with van der Waals surface area (Å²) in [5.41, 5.74) is 6.44. The fourth-order valence-corrected chi connectivity index (χ4v) is 2.49. The Kier molecular flexibility index (Phi) is 3.61. The summed E-state index contributed by atoms with van der Waals surface area (Å²) in [5.74, 6) is 0.252. The number of hydrogen-bond acceptors (Lipinski definition) is 3. The Morgan fingerprint density at radius 1 is 1.53 bits per heavy atom. The molecule has 3 N–H and O–H groups in total. The van der Waals surface area contributed by atoms with Crippen molar-refractivity contribution in [3.8, 4) is 0 Å². The van der Waals surface area contributed by atoms with Crippen LogP contribution in [0.1, 0.15) is 43.1 Å². The van der Waals surface area contributed by atoms with Crippen LogP contribution in [0.25, 0.3) is 0 Å². The first-order valence-corrected chi connectivity index (χ1v) is 6.19. The minimum absolute atomic E-state index is 0.314. The Balaban J connectivity index is 2.02.